The van der Waals surface area contributed by atoms with Crippen molar-refractivity contribution in [3.63, 3.8) is 0 Å². The van der Waals surface area contributed by atoms with Gasteiger partial charge in [-0.2, -0.15) is 0 Å². The van der Waals surface area contributed by atoms with Crippen LogP contribution in [0.4, 0.5) is 0 Å². The van der Waals surface area contributed by atoms with Gasteiger partial charge in [0.15, 0.2) is 0 Å². The van der Waals surface area contributed by atoms with Gasteiger partial charge in [-0.15, -0.1) is 10.2 Å². The number of nitrogens with zero attached hydrogens (tertiary/aromatic N) is 3. The summed E-state index contributed by atoms with van der Waals surface area (Å²) in [6.07, 6.45) is 0.908. The highest BCUT2D eigenvalue weighted by atomic mass is 16.4. The summed E-state index contributed by atoms with van der Waals surface area (Å²) in [5, 5.41) is 8.18. The van der Waals surface area contributed by atoms with Gasteiger partial charge < -0.3 is 4.42 Å². The molecule has 2 heterocycles. The summed E-state index contributed by atoms with van der Waals surface area (Å²) >= 11 is 0. The first kappa shape index (κ1) is 13.1. The first-order valence-electron chi connectivity index (χ1n) is 6.88. The molecule has 1 aromatic carbocycles. The van der Waals surface area contributed by atoms with Crippen molar-refractivity contribution < 1.29 is 4.42 Å². The molecule has 1 aliphatic heterocycles. The van der Waals surface area contributed by atoms with E-state index >= 15 is 0 Å². The lowest BCUT2D eigenvalue weighted by Gasteiger charge is -2.35. The Hall–Kier alpha value is -1.94. The Balaban J connectivity index is 1.95. The van der Waals surface area contributed by atoms with Gasteiger partial charge >= 0.3 is 0 Å². The van der Waals surface area contributed by atoms with Crippen LogP contribution in [0.15, 0.2) is 40.8 Å². The molecule has 4 nitrogen and oxygen atoms in total. The van der Waals surface area contributed by atoms with Crippen molar-refractivity contribution in [2.24, 2.45) is 0 Å². The monoisotopic (exact) mass is 269 g/mol. The third kappa shape index (κ3) is 2.51. The lowest BCUT2D eigenvalue weighted by molar-refractivity contribution is 0.159. The van der Waals surface area contributed by atoms with Crippen molar-refractivity contribution in [1.29, 1.82) is 0 Å². The predicted molar refractivity (Wildman–Crippen MR) is 77.1 cm³/mol. The molecule has 0 saturated carbocycles. The quantitative estimate of drug-likeness (QED) is 0.803. The fourth-order valence-electron chi connectivity index (χ4n) is 2.78. The summed E-state index contributed by atoms with van der Waals surface area (Å²) in [6, 6.07) is 8.70. The second-order valence-electron chi connectivity index (χ2n) is 5.51. The van der Waals surface area contributed by atoms with E-state index in [0.717, 1.165) is 25.1 Å². The SMILES string of the molecule is C=C(C)CN1Cc2ccccc2CC1c1nnc(C)o1. The molecule has 1 unspecified atom stereocenters. The predicted octanol–water partition coefficient (Wildman–Crippen LogP) is 3.05. The van der Waals surface area contributed by atoms with Crippen LogP contribution in [0, 0.1) is 6.92 Å². The third-order valence-electron chi connectivity index (χ3n) is 3.65. The van der Waals surface area contributed by atoms with Gasteiger partial charge in [0.1, 0.15) is 0 Å². The van der Waals surface area contributed by atoms with E-state index in [0.29, 0.717) is 11.8 Å². The maximum atomic E-state index is 5.66. The lowest BCUT2D eigenvalue weighted by atomic mass is 9.93. The van der Waals surface area contributed by atoms with Gasteiger partial charge in [0, 0.05) is 20.0 Å². The van der Waals surface area contributed by atoms with Crippen LogP contribution in [-0.4, -0.2) is 21.6 Å². The zero-order chi connectivity index (χ0) is 14.1. The first-order chi connectivity index (χ1) is 9.63. The highest BCUT2D eigenvalue weighted by Gasteiger charge is 2.30. The van der Waals surface area contributed by atoms with E-state index in [1.165, 1.54) is 11.1 Å². The highest BCUT2D eigenvalue weighted by molar-refractivity contribution is 5.31. The topological polar surface area (TPSA) is 42.2 Å². The molecule has 0 N–H and O–H groups in total. The summed E-state index contributed by atoms with van der Waals surface area (Å²) in [4.78, 5) is 2.36. The van der Waals surface area contributed by atoms with Crippen LogP contribution in [-0.2, 0) is 13.0 Å². The van der Waals surface area contributed by atoms with Crippen LogP contribution in [0.2, 0.25) is 0 Å². The lowest BCUT2D eigenvalue weighted by Crippen LogP contribution is -2.35. The molecule has 4 heteroatoms. The Bertz CT molecular complexity index is 632. The van der Waals surface area contributed by atoms with E-state index in [4.69, 9.17) is 4.42 Å². The van der Waals surface area contributed by atoms with Crippen LogP contribution < -0.4 is 0 Å². The molecule has 104 valence electrons. The fraction of sp³-hybridized carbons (Fsp3) is 0.375. The van der Waals surface area contributed by atoms with Crippen molar-refractivity contribution in [2.75, 3.05) is 6.54 Å². The molecule has 20 heavy (non-hydrogen) atoms. The van der Waals surface area contributed by atoms with E-state index in [9.17, 15) is 0 Å². The molecule has 1 aromatic heterocycles. The number of benzene rings is 1. The second kappa shape index (κ2) is 5.21. The minimum atomic E-state index is 0.141. The third-order valence-corrected chi connectivity index (χ3v) is 3.65. The average molecular weight is 269 g/mol. The van der Waals surface area contributed by atoms with Crippen molar-refractivity contribution >= 4 is 0 Å². The maximum Gasteiger partial charge on any atom is 0.233 e. The summed E-state index contributed by atoms with van der Waals surface area (Å²) in [7, 11) is 0. The molecule has 0 bridgehead atoms. The van der Waals surface area contributed by atoms with Crippen LogP contribution in [0.25, 0.3) is 0 Å². The smallest absolute Gasteiger partial charge is 0.233 e. The zero-order valence-electron chi connectivity index (χ0n) is 12.0. The number of hydrogen-bond acceptors (Lipinski definition) is 4. The zero-order valence-corrected chi connectivity index (χ0v) is 12.0. The molecule has 0 spiro atoms. The largest absolute Gasteiger partial charge is 0.424 e. The minimum Gasteiger partial charge on any atom is -0.424 e. The van der Waals surface area contributed by atoms with Crippen LogP contribution in [0.3, 0.4) is 0 Å². The van der Waals surface area contributed by atoms with Crippen LogP contribution in [0.5, 0.6) is 0 Å². The Morgan fingerprint density at radius 3 is 2.75 bits per heavy atom. The Morgan fingerprint density at radius 1 is 1.35 bits per heavy atom. The molecule has 0 fully saturated rings. The molecule has 0 saturated heterocycles. The summed E-state index contributed by atoms with van der Waals surface area (Å²) < 4.78 is 5.66. The summed E-state index contributed by atoms with van der Waals surface area (Å²) in [5.41, 5.74) is 3.89. The maximum absolute atomic E-state index is 5.66. The molecule has 0 radical (unpaired) electrons. The standard InChI is InChI=1S/C16H19N3O/c1-11(2)9-19-10-14-7-5-4-6-13(14)8-15(19)16-18-17-12(3)20-16/h4-7,15H,1,8-10H2,2-3H3. The van der Waals surface area contributed by atoms with Gasteiger partial charge in [0.25, 0.3) is 0 Å². The van der Waals surface area contributed by atoms with Crippen LogP contribution in [0.1, 0.15) is 35.9 Å². The molecular formula is C16H19N3O. The Labute approximate surface area is 119 Å². The van der Waals surface area contributed by atoms with E-state index in [-0.39, 0.29) is 6.04 Å². The van der Waals surface area contributed by atoms with Gasteiger partial charge in [-0.05, 0) is 24.5 Å². The van der Waals surface area contributed by atoms with Crippen LogP contribution >= 0.6 is 0 Å². The second-order valence-corrected chi connectivity index (χ2v) is 5.51. The number of aryl methyl sites for hydroxylation is 1. The fourth-order valence-corrected chi connectivity index (χ4v) is 2.78. The van der Waals surface area contributed by atoms with E-state index in [2.05, 4.69) is 52.9 Å². The van der Waals surface area contributed by atoms with Crippen molar-refractivity contribution in [3.05, 3.63) is 59.3 Å². The number of rotatable bonds is 3. The first-order valence-corrected chi connectivity index (χ1v) is 6.88. The van der Waals surface area contributed by atoms with Gasteiger partial charge in [-0.25, -0.2) is 0 Å². The van der Waals surface area contributed by atoms with Gasteiger partial charge in [-0.3, -0.25) is 4.90 Å². The summed E-state index contributed by atoms with van der Waals surface area (Å²) in [5.74, 6) is 1.33. The van der Waals surface area contributed by atoms with E-state index in [1.54, 1.807) is 0 Å². The molecule has 1 aliphatic rings. The van der Waals surface area contributed by atoms with E-state index < -0.39 is 0 Å². The van der Waals surface area contributed by atoms with Crippen molar-refractivity contribution in [2.45, 2.75) is 32.9 Å². The van der Waals surface area contributed by atoms with E-state index in [1.807, 2.05) is 6.92 Å². The number of fused-ring (bicyclic) bond motifs is 1. The Morgan fingerprint density at radius 2 is 2.10 bits per heavy atom. The average Bonchev–Trinajstić information content (AvgIpc) is 2.84. The van der Waals surface area contributed by atoms with Gasteiger partial charge in [-0.1, -0.05) is 36.4 Å². The minimum absolute atomic E-state index is 0.141. The Kier molecular flexibility index (Phi) is 3.40. The molecule has 0 aliphatic carbocycles. The van der Waals surface area contributed by atoms with Crippen molar-refractivity contribution in [1.82, 2.24) is 15.1 Å². The van der Waals surface area contributed by atoms with Gasteiger partial charge in [0.2, 0.25) is 11.8 Å². The summed E-state index contributed by atoms with van der Waals surface area (Å²) in [6.45, 7) is 9.66. The molecule has 1 atom stereocenters. The number of hydrogen-bond donors (Lipinski definition) is 0. The van der Waals surface area contributed by atoms with Gasteiger partial charge in [0.05, 0.1) is 6.04 Å². The molecular weight excluding hydrogens is 250 g/mol. The number of aromatic nitrogens is 2. The molecule has 2 aromatic rings. The van der Waals surface area contributed by atoms with Crippen molar-refractivity contribution in [3.8, 4) is 0 Å². The normalized spacial score (nSPS) is 18.8. The molecule has 3 rings (SSSR count). The molecule has 0 amide bonds. The highest BCUT2D eigenvalue weighted by Crippen LogP contribution is 2.32.